The van der Waals surface area contributed by atoms with Crippen LogP contribution in [0.25, 0.3) is 0 Å². The predicted octanol–water partition coefficient (Wildman–Crippen LogP) is 0.0944. The van der Waals surface area contributed by atoms with Crippen molar-refractivity contribution in [2.75, 3.05) is 0 Å². The Labute approximate surface area is 131 Å². The van der Waals surface area contributed by atoms with Crippen LogP contribution in [0, 0.1) is 6.92 Å². The maximum atomic E-state index is 10.7. The average molecular weight is 228 g/mol. The van der Waals surface area contributed by atoms with Gasteiger partial charge in [0.15, 0.2) is 0 Å². The SMILES string of the molecule is Cc1cccc(C(=O)O)c1C(=O)O.[NaH].[NaH]. The molecular formula is C9H10Na2O4. The molecule has 1 aromatic rings. The van der Waals surface area contributed by atoms with E-state index in [9.17, 15) is 9.59 Å². The number of hydrogen-bond acceptors (Lipinski definition) is 2. The van der Waals surface area contributed by atoms with Crippen molar-refractivity contribution in [1.82, 2.24) is 0 Å². The van der Waals surface area contributed by atoms with E-state index in [0.29, 0.717) is 5.56 Å². The van der Waals surface area contributed by atoms with E-state index in [2.05, 4.69) is 0 Å². The molecule has 0 aliphatic heterocycles. The van der Waals surface area contributed by atoms with Gasteiger partial charge < -0.3 is 10.2 Å². The first-order valence-corrected chi connectivity index (χ1v) is 3.60. The number of rotatable bonds is 2. The van der Waals surface area contributed by atoms with E-state index in [4.69, 9.17) is 10.2 Å². The van der Waals surface area contributed by atoms with Crippen LogP contribution >= 0.6 is 0 Å². The van der Waals surface area contributed by atoms with Gasteiger partial charge in [-0.2, -0.15) is 0 Å². The molecule has 0 saturated heterocycles. The first-order valence-electron chi connectivity index (χ1n) is 3.60. The Morgan fingerprint density at radius 3 is 1.93 bits per heavy atom. The summed E-state index contributed by atoms with van der Waals surface area (Å²) in [4.78, 5) is 21.3. The number of carboxylic acid groups (broad SMARTS) is 2. The average Bonchev–Trinajstić information content (AvgIpc) is 2.02. The van der Waals surface area contributed by atoms with E-state index >= 15 is 0 Å². The fraction of sp³-hybridized carbons (Fsp3) is 0.111. The third kappa shape index (κ3) is 4.26. The number of hydrogen-bond donors (Lipinski definition) is 2. The Kier molecular flexibility index (Phi) is 8.70. The molecule has 0 aromatic heterocycles. The Balaban J connectivity index is 0. The standard InChI is InChI=1S/C9H8O4.2Na.2H/c1-5-3-2-4-6(8(10)11)7(5)9(12)13;;;;/h2-4H,1H3,(H,10,11)(H,12,13);;;;. The van der Waals surface area contributed by atoms with Gasteiger partial charge in [0.05, 0.1) is 11.1 Å². The van der Waals surface area contributed by atoms with Crippen molar-refractivity contribution in [3.05, 3.63) is 34.9 Å². The molecule has 15 heavy (non-hydrogen) atoms. The second kappa shape index (κ2) is 7.44. The summed E-state index contributed by atoms with van der Waals surface area (Å²) >= 11 is 0. The first kappa shape index (κ1) is 17.6. The summed E-state index contributed by atoms with van der Waals surface area (Å²) < 4.78 is 0. The molecule has 6 heteroatoms. The quantitative estimate of drug-likeness (QED) is 0.704. The summed E-state index contributed by atoms with van der Waals surface area (Å²) in [7, 11) is 0. The van der Waals surface area contributed by atoms with Crippen LogP contribution in [0.1, 0.15) is 26.3 Å². The molecule has 1 aromatic carbocycles. The minimum absolute atomic E-state index is 0. The molecule has 2 N–H and O–H groups in total. The van der Waals surface area contributed by atoms with Crippen LogP contribution in [0.3, 0.4) is 0 Å². The van der Waals surface area contributed by atoms with Crippen molar-refractivity contribution >= 4 is 71.1 Å². The molecule has 0 heterocycles. The number of carbonyl (C=O) groups is 2. The van der Waals surface area contributed by atoms with Gasteiger partial charge in [-0.1, -0.05) is 12.1 Å². The zero-order valence-electron chi connectivity index (χ0n) is 6.94. The molecule has 0 unspecified atom stereocenters. The zero-order valence-corrected chi connectivity index (χ0v) is 6.94. The van der Waals surface area contributed by atoms with Gasteiger partial charge in [0, 0.05) is 0 Å². The topological polar surface area (TPSA) is 74.6 Å². The second-order valence-electron chi connectivity index (χ2n) is 2.61. The van der Waals surface area contributed by atoms with E-state index in [1.165, 1.54) is 12.1 Å². The third-order valence-electron chi connectivity index (χ3n) is 1.72. The summed E-state index contributed by atoms with van der Waals surface area (Å²) in [6.45, 7) is 1.57. The summed E-state index contributed by atoms with van der Waals surface area (Å²) in [5.41, 5.74) is 0.134. The van der Waals surface area contributed by atoms with Crippen LogP contribution in [0.4, 0.5) is 0 Å². The molecule has 0 fully saturated rings. The van der Waals surface area contributed by atoms with Crippen molar-refractivity contribution in [1.29, 1.82) is 0 Å². The van der Waals surface area contributed by atoms with Crippen molar-refractivity contribution in [2.24, 2.45) is 0 Å². The molecule has 0 atom stereocenters. The van der Waals surface area contributed by atoms with Crippen LogP contribution in [-0.2, 0) is 0 Å². The Hall–Kier alpha value is 0.160. The Morgan fingerprint density at radius 2 is 1.60 bits per heavy atom. The van der Waals surface area contributed by atoms with Gasteiger partial charge in [0.2, 0.25) is 0 Å². The monoisotopic (exact) mass is 228 g/mol. The second-order valence-corrected chi connectivity index (χ2v) is 2.61. The Morgan fingerprint density at radius 1 is 1.07 bits per heavy atom. The van der Waals surface area contributed by atoms with Gasteiger partial charge >= 0.3 is 71.1 Å². The van der Waals surface area contributed by atoms with E-state index < -0.39 is 11.9 Å². The van der Waals surface area contributed by atoms with Gasteiger partial charge in [0.1, 0.15) is 0 Å². The molecule has 72 valence electrons. The molecule has 0 radical (unpaired) electrons. The number of aromatic carboxylic acids is 2. The fourth-order valence-electron chi connectivity index (χ4n) is 1.13. The van der Waals surface area contributed by atoms with E-state index in [0.717, 1.165) is 0 Å². The first-order chi connectivity index (χ1) is 6.04. The van der Waals surface area contributed by atoms with Gasteiger partial charge in [-0.15, -0.1) is 0 Å². The Bertz CT molecular complexity index is 376. The van der Waals surface area contributed by atoms with E-state index in [1.807, 2.05) is 0 Å². The van der Waals surface area contributed by atoms with Crippen molar-refractivity contribution in [2.45, 2.75) is 6.92 Å². The molecule has 0 amide bonds. The molecule has 1 rings (SSSR count). The molecular weight excluding hydrogens is 218 g/mol. The molecule has 0 aliphatic carbocycles. The zero-order chi connectivity index (χ0) is 10.0. The van der Waals surface area contributed by atoms with Gasteiger partial charge in [-0.05, 0) is 18.6 Å². The fourth-order valence-corrected chi connectivity index (χ4v) is 1.13. The summed E-state index contributed by atoms with van der Waals surface area (Å²) in [6.07, 6.45) is 0. The molecule has 0 saturated carbocycles. The van der Waals surface area contributed by atoms with Gasteiger partial charge in [-0.3, -0.25) is 0 Å². The van der Waals surface area contributed by atoms with Crippen molar-refractivity contribution < 1.29 is 19.8 Å². The van der Waals surface area contributed by atoms with Crippen molar-refractivity contribution in [3.8, 4) is 0 Å². The normalized spacial score (nSPS) is 8.33. The van der Waals surface area contributed by atoms with Crippen LogP contribution in [0.2, 0.25) is 0 Å². The number of benzene rings is 1. The molecule has 0 aliphatic rings. The van der Waals surface area contributed by atoms with Crippen LogP contribution in [0.5, 0.6) is 0 Å². The van der Waals surface area contributed by atoms with Crippen molar-refractivity contribution in [3.63, 3.8) is 0 Å². The number of aryl methyl sites for hydroxylation is 1. The molecule has 4 nitrogen and oxygen atoms in total. The summed E-state index contributed by atoms with van der Waals surface area (Å²) in [5.74, 6) is -2.43. The van der Waals surface area contributed by atoms with Crippen LogP contribution < -0.4 is 0 Å². The maximum absolute atomic E-state index is 10.7. The molecule has 0 bridgehead atoms. The van der Waals surface area contributed by atoms with Crippen LogP contribution in [-0.4, -0.2) is 81.3 Å². The summed E-state index contributed by atoms with van der Waals surface area (Å²) in [5, 5.41) is 17.4. The number of carboxylic acids is 2. The minimum atomic E-state index is -1.22. The van der Waals surface area contributed by atoms with E-state index in [1.54, 1.807) is 13.0 Å². The predicted molar refractivity (Wildman–Crippen MR) is 59.4 cm³/mol. The molecule has 0 spiro atoms. The van der Waals surface area contributed by atoms with Gasteiger partial charge in [0.25, 0.3) is 0 Å². The van der Waals surface area contributed by atoms with Gasteiger partial charge in [-0.25, -0.2) is 9.59 Å². The van der Waals surface area contributed by atoms with E-state index in [-0.39, 0.29) is 70.2 Å². The third-order valence-corrected chi connectivity index (χ3v) is 1.72. The van der Waals surface area contributed by atoms with Crippen LogP contribution in [0.15, 0.2) is 18.2 Å². The summed E-state index contributed by atoms with van der Waals surface area (Å²) in [6, 6.07) is 4.36.